The lowest BCUT2D eigenvalue weighted by Crippen LogP contribution is -2.50. The molecule has 0 aliphatic carbocycles. The van der Waals surface area contributed by atoms with Gasteiger partial charge < -0.3 is 20.1 Å². The second kappa shape index (κ2) is 5.52. The van der Waals surface area contributed by atoms with Gasteiger partial charge in [-0.2, -0.15) is 0 Å². The number of carboxylic acids is 1. The van der Waals surface area contributed by atoms with Crippen LogP contribution in [0, 0.1) is 0 Å². The molecule has 2 heterocycles. The zero-order valence-electron chi connectivity index (χ0n) is 12.4. The number of rotatable bonds is 2. The predicted molar refractivity (Wildman–Crippen MR) is 84.6 cm³/mol. The van der Waals surface area contributed by atoms with E-state index in [0.717, 1.165) is 0 Å². The Bertz CT molecular complexity index is 720. The molecule has 8 heteroatoms. The number of carboxylic acid groups (broad SMARTS) is 1. The average molecular weight is 383 g/mol. The number of hydrogen-bond donors (Lipinski definition) is 2. The molecular weight excluding hydrogens is 368 g/mol. The van der Waals surface area contributed by atoms with E-state index in [0.29, 0.717) is 40.9 Å². The van der Waals surface area contributed by atoms with E-state index in [1.165, 1.54) is 11.0 Å². The van der Waals surface area contributed by atoms with E-state index in [1.807, 2.05) is 0 Å². The fourth-order valence-electron chi connectivity index (χ4n) is 2.92. The maximum Gasteiger partial charge on any atom is 0.329 e. The van der Waals surface area contributed by atoms with Crippen molar-refractivity contribution in [2.24, 2.45) is 0 Å². The minimum Gasteiger partial charge on any atom is -0.482 e. The van der Waals surface area contributed by atoms with Crippen molar-refractivity contribution in [1.82, 2.24) is 4.90 Å². The van der Waals surface area contributed by atoms with E-state index in [4.69, 9.17) is 4.74 Å². The number of amides is 2. The quantitative estimate of drug-likeness (QED) is 0.813. The van der Waals surface area contributed by atoms with Gasteiger partial charge in [-0.3, -0.25) is 9.59 Å². The third-order valence-corrected chi connectivity index (χ3v) is 4.94. The minimum absolute atomic E-state index is 0.112. The number of likely N-dealkylation sites (tertiary alicyclic amines) is 1. The number of fused-ring (bicyclic) bond motifs is 1. The molecule has 2 aliphatic rings. The summed E-state index contributed by atoms with van der Waals surface area (Å²) in [6, 6.07) is 3.12. The molecule has 1 fully saturated rings. The molecule has 1 atom stereocenters. The fraction of sp³-hybridized carbons (Fsp3) is 0.400. The van der Waals surface area contributed by atoms with Crippen LogP contribution in [0.2, 0.25) is 0 Å². The van der Waals surface area contributed by atoms with Crippen LogP contribution in [-0.4, -0.2) is 46.5 Å². The summed E-state index contributed by atoms with van der Waals surface area (Å²) in [6.07, 6.45) is 1.06. The van der Waals surface area contributed by atoms with Crippen molar-refractivity contribution >= 4 is 39.4 Å². The average Bonchev–Trinajstić information content (AvgIpc) is 2.89. The van der Waals surface area contributed by atoms with Crippen LogP contribution in [0.15, 0.2) is 16.6 Å². The molecule has 1 aromatic carbocycles. The summed E-state index contributed by atoms with van der Waals surface area (Å²) in [6.45, 7) is 1.84. The molecule has 3 rings (SSSR count). The Morgan fingerprint density at radius 3 is 2.87 bits per heavy atom. The number of nitrogens with one attached hydrogen (secondary N) is 1. The van der Waals surface area contributed by atoms with Crippen LogP contribution in [0.4, 0.5) is 5.69 Å². The highest BCUT2D eigenvalue weighted by molar-refractivity contribution is 9.10. The molecule has 23 heavy (non-hydrogen) atoms. The number of ether oxygens (including phenoxy) is 1. The summed E-state index contributed by atoms with van der Waals surface area (Å²) in [5.41, 5.74) is -0.414. The highest BCUT2D eigenvalue weighted by Gasteiger charge is 2.46. The van der Waals surface area contributed by atoms with Crippen molar-refractivity contribution < 1.29 is 24.2 Å². The normalized spacial score (nSPS) is 23.0. The SMILES string of the molecule is CC1(C(=O)O)CCCN1C(=O)c1cc2c(cc1Br)NC(=O)CO2. The Balaban J connectivity index is 1.97. The summed E-state index contributed by atoms with van der Waals surface area (Å²) in [5.74, 6) is -1.25. The van der Waals surface area contributed by atoms with Gasteiger partial charge in [0.25, 0.3) is 11.8 Å². The third-order valence-electron chi connectivity index (χ3n) is 4.28. The van der Waals surface area contributed by atoms with Gasteiger partial charge in [-0.1, -0.05) is 0 Å². The van der Waals surface area contributed by atoms with E-state index < -0.39 is 11.5 Å². The predicted octanol–water partition coefficient (Wildman–Crippen LogP) is 1.86. The number of anilines is 1. The lowest BCUT2D eigenvalue weighted by Gasteiger charge is -2.31. The van der Waals surface area contributed by atoms with Crippen LogP contribution in [0.25, 0.3) is 0 Å². The summed E-state index contributed by atoms with van der Waals surface area (Å²) in [5, 5.41) is 12.1. The van der Waals surface area contributed by atoms with Gasteiger partial charge in [-0.25, -0.2) is 4.79 Å². The van der Waals surface area contributed by atoms with Crippen molar-refractivity contribution in [3.63, 3.8) is 0 Å². The lowest BCUT2D eigenvalue weighted by molar-refractivity contribution is -0.147. The molecule has 0 radical (unpaired) electrons. The molecule has 0 aromatic heterocycles. The zero-order chi connectivity index (χ0) is 16.8. The van der Waals surface area contributed by atoms with Gasteiger partial charge in [0, 0.05) is 11.0 Å². The number of halogens is 1. The van der Waals surface area contributed by atoms with Crippen molar-refractivity contribution in [2.45, 2.75) is 25.3 Å². The van der Waals surface area contributed by atoms with E-state index in [-0.39, 0.29) is 18.4 Å². The third kappa shape index (κ3) is 2.56. The maximum absolute atomic E-state index is 12.8. The van der Waals surface area contributed by atoms with Crippen LogP contribution >= 0.6 is 15.9 Å². The molecule has 0 bridgehead atoms. The molecule has 1 aromatic rings. The van der Waals surface area contributed by atoms with Gasteiger partial charge in [0.05, 0.1) is 11.3 Å². The minimum atomic E-state index is -1.21. The molecular formula is C15H15BrN2O5. The van der Waals surface area contributed by atoms with Crippen molar-refractivity contribution in [3.05, 3.63) is 22.2 Å². The van der Waals surface area contributed by atoms with E-state index >= 15 is 0 Å². The number of carbonyl (C=O) groups excluding carboxylic acids is 2. The number of aliphatic carboxylic acids is 1. The molecule has 0 saturated carbocycles. The zero-order valence-corrected chi connectivity index (χ0v) is 14.0. The van der Waals surface area contributed by atoms with Crippen LogP contribution < -0.4 is 10.1 Å². The summed E-state index contributed by atoms with van der Waals surface area (Å²) in [4.78, 5) is 37.1. The van der Waals surface area contributed by atoms with Crippen molar-refractivity contribution in [3.8, 4) is 5.75 Å². The van der Waals surface area contributed by atoms with E-state index in [2.05, 4.69) is 21.2 Å². The first kappa shape index (κ1) is 15.8. The molecule has 1 saturated heterocycles. The monoisotopic (exact) mass is 382 g/mol. The van der Waals surface area contributed by atoms with Gasteiger partial charge >= 0.3 is 5.97 Å². The molecule has 7 nitrogen and oxygen atoms in total. The topological polar surface area (TPSA) is 95.9 Å². The van der Waals surface area contributed by atoms with Gasteiger partial charge in [0.2, 0.25) is 0 Å². The Hall–Kier alpha value is -2.09. The van der Waals surface area contributed by atoms with Crippen molar-refractivity contribution in [1.29, 1.82) is 0 Å². The Morgan fingerprint density at radius 1 is 1.43 bits per heavy atom. The van der Waals surface area contributed by atoms with Crippen LogP contribution in [0.3, 0.4) is 0 Å². The molecule has 2 amide bonds. The Morgan fingerprint density at radius 2 is 2.17 bits per heavy atom. The first-order valence-corrected chi connectivity index (χ1v) is 7.94. The Labute approximate surface area is 140 Å². The van der Waals surface area contributed by atoms with Gasteiger partial charge in [-0.15, -0.1) is 0 Å². The largest absolute Gasteiger partial charge is 0.482 e. The van der Waals surface area contributed by atoms with Gasteiger partial charge in [0.15, 0.2) is 6.61 Å². The fourth-order valence-corrected chi connectivity index (χ4v) is 3.43. The maximum atomic E-state index is 12.8. The van der Waals surface area contributed by atoms with Crippen molar-refractivity contribution in [2.75, 3.05) is 18.5 Å². The first-order valence-electron chi connectivity index (χ1n) is 7.14. The van der Waals surface area contributed by atoms with Gasteiger partial charge in [-0.05, 0) is 47.8 Å². The lowest BCUT2D eigenvalue weighted by atomic mass is 9.98. The van der Waals surface area contributed by atoms with Gasteiger partial charge in [0.1, 0.15) is 11.3 Å². The highest BCUT2D eigenvalue weighted by Crippen LogP contribution is 2.37. The highest BCUT2D eigenvalue weighted by atomic mass is 79.9. The Kier molecular flexibility index (Phi) is 3.79. The number of hydrogen-bond acceptors (Lipinski definition) is 4. The molecule has 2 aliphatic heterocycles. The second-order valence-corrected chi connectivity index (χ2v) is 6.66. The first-order chi connectivity index (χ1) is 10.8. The van der Waals surface area contributed by atoms with Crippen LogP contribution in [-0.2, 0) is 9.59 Å². The summed E-state index contributed by atoms with van der Waals surface area (Å²) >= 11 is 3.32. The number of benzene rings is 1. The van der Waals surface area contributed by atoms with E-state index in [9.17, 15) is 19.5 Å². The molecule has 0 spiro atoms. The summed E-state index contributed by atoms with van der Waals surface area (Å²) < 4.78 is 5.80. The number of carbonyl (C=O) groups is 3. The van der Waals surface area contributed by atoms with Crippen LogP contribution in [0.1, 0.15) is 30.1 Å². The number of nitrogens with zero attached hydrogens (tertiary/aromatic N) is 1. The van der Waals surface area contributed by atoms with E-state index in [1.54, 1.807) is 13.0 Å². The molecule has 122 valence electrons. The molecule has 1 unspecified atom stereocenters. The van der Waals surface area contributed by atoms with Crippen LogP contribution in [0.5, 0.6) is 5.75 Å². The smallest absolute Gasteiger partial charge is 0.329 e. The molecule has 2 N–H and O–H groups in total. The summed E-state index contributed by atoms with van der Waals surface area (Å²) in [7, 11) is 0. The second-order valence-electron chi connectivity index (χ2n) is 5.80. The standard InChI is InChI=1S/C15H15BrN2O5/c1-15(14(21)22)3-2-4-18(15)13(20)8-5-11-10(6-9(8)16)17-12(19)7-23-11/h5-6H,2-4,7H2,1H3,(H,17,19)(H,21,22).